The lowest BCUT2D eigenvalue weighted by molar-refractivity contribution is 0.0588. The zero-order chi connectivity index (χ0) is 16.9. The molecule has 0 aromatic heterocycles. The van der Waals surface area contributed by atoms with E-state index >= 15 is 0 Å². The Morgan fingerprint density at radius 3 is 2.15 bits per heavy atom. The van der Waals surface area contributed by atoms with Crippen LogP contribution in [-0.4, -0.2) is 43.2 Å². The SMILES string of the molecule is Cl.c1ccc(C(OCCN2CCC3CCC(C2)N3)c2ccccc2)cc1. The highest BCUT2D eigenvalue weighted by Gasteiger charge is 2.29. The van der Waals surface area contributed by atoms with Gasteiger partial charge in [0.25, 0.3) is 0 Å². The summed E-state index contributed by atoms with van der Waals surface area (Å²) >= 11 is 0. The number of halogens is 1. The van der Waals surface area contributed by atoms with Gasteiger partial charge in [0, 0.05) is 25.2 Å². The van der Waals surface area contributed by atoms with Crippen LogP contribution in [0.15, 0.2) is 60.7 Å². The summed E-state index contributed by atoms with van der Waals surface area (Å²) in [4.78, 5) is 2.57. The molecule has 0 radical (unpaired) electrons. The number of fused-ring (bicyclic) bond motifs is 2. The highest BCUT2D eigenvalue weighted by molar-refractivity contribution is 5.85. The van der Waals surface area contributed by atoms with E-state index in [4.69, 9.17) is 4.74 Å². The minimum Gasteiger partial charge on any atom is -0.367 e. The van der Waals surface area contributed by atoms with Crippen LogP contribution < -0.4 is 5.32 Å². The molecular weight excluding hydrogens is 344 g/mol. The predicted octanol–water partition coefficient (Wildman–Crippen LogP) is 4.04. The normalized spacial score (nSPS) is 22.8. The first-order valence-electron chi connectivity index (χ1n) is 9.58. The zero-order valence-corrected chi connectivity index (χ0v) is 16.0. The molecule has 2 heterocycles. The highest BCUT2D eigenvalue weighted by Crippen LogP contribution is 2.26. The Hall–Kier alpha value is -1.39. The van der Waals surface area contributed by atoms with E-state index in [0.29, 0.717) is 6.04 Å². The van der Waals surface area contributed by atoms with E-state index in [1.807, 2.05) is 0 Å². The summed E-state index contributed by atoms with van der Waals surface area (Å²) in [6, 6.07) is 22.5. The second kappa shape index (κ2) is 9.52. The molecular formula is C22H29ClN2O. The molecule has 2 fully saturated rings. The minimum atomic E-state index is 0. The van der Waals surface area contributed by atoms with Crippen LogP contribution in [0.3, 0.4) is 0 Å². The van der Waals surface area contributed by atoms with E-state index in [1.54, 1.807) is 0 Å². The third kappa shape index (κ3) is 4.86. The van der Waals surface area contributed by atoms with Gasteiger partial charge in [-0.25, -0.2) is 0 Å². The molecule has 2 aliphatic rings. The van der Waals surface area contributed by atoms with Crippen molar-refractivity contribution in [3.8, 4) is 0 Å². The predicted molar refractivity (Wildman–Crippen MR) is 109 cm³/mol. The molecule has 1 N–H and O–H groups in total. The maximum atomic E-state index is 6.38. The molecule has 3 nitrogen and oxygen atoms in total. The van der Waals surface area contributed by atoms with Gasteiger partial charge in [0.15, 0.2) is 0 Å². The summed E-state index contributed by atoms with van der Waals surface area (Å²) < 4.78 is 6.38. The smallest absolute Gasteiger partial charge is 0.108 e. The molecule has 140 valence electrons. The third-order valence-electron chi connectivity index (χ3n) is 5.50. The maximum absolute atomic E-state index is 6.38. The molecule has 0 aliphatic carbocycles. The van der Waals surface area contributed by atoms with Crippen molar-refractivity contribution in [2.75, 3.05) is 26.2 Å². The summed E-state index contributed by atoms with van der Waals surface area (Å²) in [7, 11) is 0. The summed E-state index contributed by atoms with van der Waals surface area (Å²) in [5.41, 5.74) is 2.45. The number of nitrogens with one attached hydrogen (secondary N) is 1. The van der Waals surface area contributed by atoms with Gasteiger partial charge in [-0.3, -0.25) is 4.90 Å². The van der Waals surface area contributed by atoms with Crippen molar-refractivity contribution in [1.82, 2.24) is 10.2 Å². The van der Waals surface area contributed by atoms with Gasteiger partial charge in [-0.2, -0.15) is 0 Å². The average molecular weight is 373 g/mol. The van der Waals surface area contributed by atoms with Crippen LogP contribution >= 0.6 is 12.4 Å². The van der Waals surface area contributed by atoms with Crippen molar-refractivity contribution in [3.05, 3.63) is 71.8 Å². The summed E-state index contributed by atoms with van der Waals surface area (Å²) in [5.74, 6) is 0. The standard InChI is InChI=1S/C22H28N2O.ClH/c1-3-7-18(8-4-1)22(19-9-5-2-6-10-19)25-16-15-24-14-13-20-11-12-21(17-24)23-20;/h1-10,20-23H,11-17H2;1H. The molecule has 0 amide bonds. The number of hydrogen-bond donors (Lipinski definition) is 1. The molecule has 4 heteroatoms. The number of hydrogen-bond acceptors (Lipinski definition) is 3. The molecule has 2 saturated heterocycles. The quantitative estimate of drug-likeness (QED) is 0.828. The number of benzene rings is 2. The maximum Gasteiger partial charge on any atom is 0.108 e. The van der Waals surface area contributed by atoms with Gasteiger partial charge in [0.2, 0.25) is 0 Å². The fraction of sp³-hybridized carbons (Fsp3) is 0.455. The van der Waals surface area contributed by atoms with E-state index in [0.717, 1.165) is 19.2 Å². The number of rotatable bonds is 6. The lowest BCUT2D eigenvalue weighted by atomic mass is 10.0. The van der Waals surface area contributed by atoms with Crippen LogP contribution in [0.2, 0.25) is 0 Å². The molecule has 4 rings (SSSR count). The van der Waals surface area contributed by atoms with Crippen molar-refractivity contribution < 1.29 is 4.74 Å². The lowest BCUT2D eigenvalue weighted by Gasteiger charge is -2.25. The van der Waals surface area contributed by atoms with E-state index in [2.05, 4.69) is 70.9 Å². The van der Waals surface area contributed by atoms with Gasteiger partial charge in [0.1, 0.15) is 6.10 Å². The van der Waals surface area contributed by atoms with Gasteiger partial charge in [0.05, 0.1) is 6.61 Å². The van der Waals surface area contributed by atoms with Crippen molar-refractivity contribution in [2.24, 2.45) is 0 Å². The number of nitrogens with zero attached hydrogens (tertiary/aromatic N) is 1. The molecule has 2 bridgehead atoms. The van der Waals surface area contributed by atoms with Crippen LogP contribution in [0.1, 0.15) is 36.5 Å². The number of likely N-dealkylation sites (tertiary alicyclic amines) is 1. The Bertz CT molecular complexity index is 612. The van der Waals surface area contributed by atoms with Crippen LogP contribution in [0.25, 0.3) is 0 Å². The van der Waals surface area contributed by atoms with Crippen LogP contribution in [0.4, 0.5) is 0 Å². The Labute approximate surface area is 163 Å². The Balaban J connectivity index is 0.00000196. The van der Waals surface area contributed by atoms with Gasteiger partial charge in [-0.15, -0.1) is 12.4 Å². The first-order valence-corrected chi connectivity index (χ1v) is 9.58. The van der Waals surface area contributed by atoms with E-state index in [-0.39, 0.29) is 18.5 Å². The molecule has 0 spiro atoms. The van der Waals surface area contributed by atoms with Crippen LogP contribution in [-0.2, 0) is 4.74 Å². The van der Waals surface area contributed by atoms with Gasteiger partial charge in [-0.05, 0) is 36.9 Å². The van der Waals surface area contributed by atoms with Crippen molar-refractivity contribution >= 4 is 12.4 Å². The molecule has 26 heavy (non-hydrogen) atoms. The molecule has 2 aromatic rings. The topological polar surface area (TPSA) is 24.5 Å². The fourth-order valence-corrected chi connectivity index (χ4v) is 4.16. The van der Waals surface area contributed by atoms with Gasteiger partial charge in [-0.1, -0.05) is 60.7 Å². The Morgan fingerprint density at radius 2 is 1.50 bits per heavy atom. The van der Waals surface area contributed by atoms with Crippen molar-refractivity contribution in [2.45, 2.75) is 37.5 Å². The first kappa shape index (κ1) is 19.4. The van der Waals surface area contributed by atoms with E-state index in [1.165, 1.54) is 43.5 Å². The number of ether oxygens (including phenoxy) is 1. The van der Waals surface area contributed by atoms with Crippen molar-refractivity contribution in [3.63, 3.8) is 0 Å². The van der Waals surface area contributed by atoms with Gasteiger partial charge >= 0.3 is 0 Å². The first-order chi connectivity index (χ1) is 12.4. The minimum absolute atomic E-state index is 0. The van der Waals surface area contributed by atoms with Crippen LogP contribution in [0.5, 0.6) is 0 Å². The summed E-state index contributed by atoms with van der Waals surface area (Å²) in [5, 5.41) is 3.75. The molecule has 2 unspecified atom stereocenters. The van der Waals surface area contributed by atoms with Crippen molar-refractivity contribution in [1.29, 1.82) is 0 Å². The molecule has 2 atom stereocenters. The highest BCUT2D eigenvalue weighted by atomic mass is 35.5. The van der Waals surface area contributed by atoms with E-state index < -0.39 is 0 Å². The second-order valence-corrected chi connectivity index (χ2v) is 7.30. The van der Waals surface area contributed by atoms with Crippen LogP contribution in [0, 0.1) is 0 Å². The molecule has 2 aliphatic heterocycles. The Kier molecular flexibility index (Phi) is 7.09. The largest absolute Gasteiger partial charge is 0.367 e. The van der Waals surface area contributed by atoms with E-state index in [9.17, 15) is 0 Å². The average Bonchev–Trinajstić information content (AvgIpc) is 3.01. The third-order valence-corrected chi connectivity index (χ3v) is 5.50. The zero-order valence-electron chi connectivity index (χ0n) is 15.2. The van der Waals surface area contributed by atoms with Gasteiger partial charge < -0.3 is 10.1 Å². The Morgan fingerprint density at radius 1 is 0.885 bits per heavy atom. The molecule has 0 saturated carbocycles. The molecule has 2 aromatic carbocycles. The monoisotopic (exact) mass is 372 g/mol. The lowest BCUT2D eigenvalue weighted by Crippen LogP contribution is -2.37. The summed E-state index contributed by atoms with van der Waals surface area (Å²) in [6.45, 7) is 4.15. The second-order valence-electron chi connectivity index (χ2n) is 7.30. The fourth-order valence-electron chi connectivity index (χ4n) is 4.16. The summed E-state index contributed by atoms with van der Waals surface area (Å²) in [6.07, 6.45) is 3.98.